The Hall–Kier alpha value is -0.260. The Labute approximate surface area is 95.4 Å². The molecule has 0 aliphatic carbocycles. The molecule has 0 unspecified atom stereocenters. The number of aliphatic carboxylic acids is 1. The van der Waals surface area contributed by atoms with E-state index in [-0.39, 0.29) is 0 Å². The molecule has 0 aliphatic heterocycles. The highest BCUT2D eigenvalue weighted by atomic mass is 32.2. The number of nitrogens with one attached hydrogen (secondary N) is 1. The van der Waals surface area contributed by atoms with Crippen LogP contribution in [0.5, 0.6) is 0 Å². The molecule has 3 N–H and O–H groups in total. The predicted molar refractivity (Wildman–Crippen MR) is 62.4 cm³/mol. The second kappa shape index (κ2) is 10.3. The molecule has 0 amide bonds. The number of hydrogen-bond donors (Lipinski definition) is 3. The minimum absolute atomic E-state index is 0.494. The first-order valence-corrected chi connectivity index (χ1v) is 6.73. The number of carbonyl (C=O) groups is 1. The number of thioether (sulfide) groups is 1. The minimum Gasteiger partial charge on any atom is -0.480 e. The molecule has 0 rings (SSSR count). The van der Waals surface area contributed by atoms with Crippen LogP contribution in [0.2, 0.25) is 0 Å². The van der Waals surface area contributed by atoms with E-state index in [0.29, 0.717) is 6.42 Å². The topological polar surface area (TPSA) is 69.6 Å². The van der Waals surface area contributed by atoms with Crippen molar-refractivity contribution >= 4 is 17.7 Å². The van der Waals surface area contributed by atoms with Gasteiger partial charge in [0, 0.05) is 0 Å². The number of hydroxylamine groups is 1. The quantitative estimate of drug-likeness (QED) is 0.400. The molecule has 0 spiro atoms. The zero-order chi connectivity index (χ0) is 11.5. The lowest BCUT2D eigenvalue weighted by atomic mass is 10.1. The van der Waals surface area contributed by atoms with Gasteiger partial charge in [-0.3, -0.25) is 4.79 Å². The van der Waals surface area contributed by atoms with Gasteiger partial charge >= 0.3 is 5.97 Å². The summed E-state index contributed by atoms with van der Waals surface area (Å²) in [5.41, 5.74) is 1.81. The van der Waals surface area contributed by atoms with Crippen molar-refractivity contribution in [1.82, 2.24) is 5.48 Å². The number of rotatable bonds is 10. The maximum absolute atomic E-state index is 10.5. The maximum Gasteiger partial charge on any atom is 0.323 e. The second-order valence-electron chi connectivity index (χ2n) is 3.57. The molecular formula is C10H21NO3S. The number of unbranched alkanes of at least 4 members (excludes halogenated alkanes) is 4. The molecule has 0 fully saturated rings. The van der Waals surface area contributed by atoms with Crippen LogP contribution in [0.25, 0.3) is 0 Å². The fraction of sp³-hybridized carbons (Fsp3) is 0.900. The van der Waals surface area contributed by atoms with E-state index in [4.69, 9.17) is 10.3 Å². The fourth-order valence-electron chi connectivity index (χ4n) is 1.37. The number of carboxylic acids is 1. The molecule has 1 atom stereocenters. The van der Waals surface area contributed by atoms with Gasteiger partial charge in [-0.15, -0.1) is 0 Å². The summed E-state index contributed by atoms with van der Waals surface area (Å²) in [5, 5.41) is 17.2. The van der Waals surface area contributed by atoms with E-state index in [0.717, 1.165) is 19.3 Å². The van der Waals surface area contributed by atoms with E-state index in [1.165, 1.54) is 18.6 Å². The third kappa shape index (κ3) is 8.72. The molecule has 0 aromatic rings. The molecule has 0 radical (unpaired) electrons. The maximum atomic E-state index is 10.5. The Bertz CT molecular complexity index is 167. The Morgan fingerprint density at radius 3 is 2.40 bits per heavy atom. The van der Waals surface area contributed by atoms with Crippen LogP contribution in [0, 0.1) is 0 Å². The van der Waals surface area contributed by atoms with Crippen LogP contribution < -0.4 is 5.48 Å². The van der Waals surface area contributed by atoms with Gasteiger partial charge in [0.2, 0.25) is 0 Å². The summed E-state index contributed by atoms with van der Waals surface area (Å²) < 4.78 is 0. The summed E-state index contributed by atoms with van der Waals surface area (Å²) in [6, 6.07) is -0.809. The van der Waals surface area contributed by atoms with Gasteiger partial charge in [-0.05, 0) is 24.9 Å². The van der Waals surface area contributed by atoms with E-state index >= 15 is 0 Å². The highest BCUT2D eigenvalue weighted by molar-refractivity contribution is 7.98. The normalized spacial score (nSPS) is 12.7. The van der Waals surface area contributed by atoms with Crippen molar-refractivity contribution in [2.75, 3.05) is 12.0 Å². The zero-order valence-electron chi connectivity index (χ0n) is 9.24. The van der Waals surface area contributed by atoms with Gasteiger partial charge in [0.25, 0.3) is 0 Å². The van der Waals surface area contributed by atoms with Crippen LogP contribution in [-0.2, 0) is 4.79 Å². The lowest BCUT2D eigenvalue weighted by Gasteiger charge is -2.09. The smallest absolute Gasteiger partial charge is 0.323 e. The van der Waals surface area contributed by atoms with Gasteiger partial charge in [0.05, 0.1) is 0 Å². The molecule has 0 saturated heterocycles. The van der Waals surface area contributed by atoms with Crippen molar-refractivity contribution in [2.24, 2.45) is 0 Å². The Kier molecular flexibility index (Phi) is 10.1. The van der Waals surface area contributed by atoms with Crippen molar-refractivity contribution in [3.8, 4) is 0 Å². The summed E-state index contributed by atoms with van der Waals surface area (Å²) in [4.78, 5) is 10.5. The first-order chi connectivity index (χ1) is 7.22. The van der Waals surface area contributed by atoms with Crippen LogP contribution in [0.15, 0.2) is 0 Å². The molecule has 0 heterocycles. The van der Waals surface area contributed by atoms with Gasteiger partial charge in [0.1, 0.15) is 6.04 Å². The average molecular weight is 235 g/mol. The summed E-state index contributed by atoms with van der Waals surface area (Å²) >= 11 is 1.86. The van der Waals surface area contributed by atoms with Gasteiger partial charge in [-0.2, -0.15) is 17.2 Å². The molecular weight excluding hydrogens is 214 g/mol. The molecule has 0 bridgehead atoms. The Morgan fingerprint density at radius 1 is 1.27 bits per heavy atom. The molecule has 90 valence electrons. The largest absolute Gasteiger partial charge is 0.480 e. The van der Waals surface area contributed by atoms with Crippen molar-refractivity contribution in [3.05, 3.63) is 0 Å². The highest BCUT2D eigenvalue weighted by Gasteiger charge is 2.14. The highest BCUT2D eigenvalue weighted by Crippen LogP contribution is 2.09. The summed E-state index contributed by atoms with van der Waals surface area (Å²) in [6.45, 7) is 0. The Balaban J connectivity index is 3.25. The third-order valence-corrected chi connectivity index (χ3v) is 2.99. The second-order valence-corrected chi connectivity index (χ2v) is 4.55. The van der Waals surface area contributed by atoms with Crippen LogP contribution in [0.1, 0.15) is 38.5 Å². The summed E-state index contributed by atoms with van der Waals surface area (Å²) in [6.07, 6.45) is 8.09. The van der Waals surface area contributed by atoms with E-state index in [1.807, 2.05) is 17.2 Å². The van der Waals surface area contributed by atoms with Crippen molar-refractivity contribution in [1.29, 1.82) is 0 Å². The Morgan fingerprint density at radius 2 is 1.87 bits per heavy atom. The summed E-state index contributed by atoms with van der Waals surface area (Å²) in [5.74, 6) is 0.218. The van der Waals surface area contributed by atoms with E-state index in [1.54, 1.807) is 0 Å². The lowest BCUT2D eigenvalue weighted by molar-refractivity contribution is -0.142. The molecule has 0 aromatic heterocycles. The van der Waals surface area contributed by atoms with Gasteiger partial charge < -0.3 is 10.3 Å². The van der Waals surface area contributed by atoms with Crippen LogP contribution >= 0.6 is 11.8 Å². The molecule has 4 nitrogen and oxygen atoms in total. The van der Waals surface area contributed by atoms with E-state index < -0.39 is 12.0 Å². The SMILES string of the molecule is CSCCCCCCC[C@H](NO)C(=O)O. The van der Waals surface area contributed by atoms with Gasteiger partial charge in [-0.25, -0.2) is 0 Å². The first kappa shape index (κ1) is 14.7. The first-order valence-electron chi connectivity index (χ1n) is 5.33. The molecule has 0 aromatic carbocycles. The van der Waals surface area contributed by atoms with Crippen LogP contribution in [0.4, 0.5) is 0 Å². The minimum atomic E-state index is -0.986. The van der Waals surface area contributed by atoms with E-state index in [9.17, 15) is 4.79 Å². The fourth-order valence-corrected chi connectivity index (χ4v) is 1.86. The van der Waals surface area contributed by atoms with Crippen LogP contribution in [0.3, 0.4) is 0 Å². The van der Waals surface area contributed by atoms with Crippen molar-refractivity contribution in [3.63, 3.8) is 0 Å². The standard InChI is InChI=1S/C10H21NO3S/c1-15-8-6-4-2-3-5-7-9(11-14)10(12)13/h9,11,14H,2-8H2,1H3,(H,12,13)/t9-/m0/s1. The molecule has 15 heavy (non-hydrogen) atoms. The third-order valence-electron chi connectivity index (χ3n) is 2.30. The van der Waals surface area contributed by atoms with Gasteiger partial charge in [0.15, 0.2) is 0 Å². The number of hydrogen-bond acceptors (Lipinski definition) is 4. The molecule has 5 heteroatoms. The number of carboxylic acid groups (broad SMARTS) is 1. The predicted octanol–water partition coefficient (Wildman–Crippen LogP) is 2.12. The zero-order valence-corrected chi connectivity index (χ0v) is 10.1. The monoisotopic (exact) mass is 235 g/mol. The van der Waals surface area contributed by atoms with Crippen molar-refractivity contribution in [2.45, 2.75) is 44.6 Å². The molecule has 0 saturated carbocycles. The van der Waals surface area contributed by atoms with Crippen molar-refractivity contribution < 1.29 is 15.1 Å². The van der Waals surface area contributed by atoms with E-state index in [2.05, 4.69) is 6.26 Å². The van der Waals surface area contributed by atoms with Gasteiger partial charge in [-0.1, -0.05) is 25.7 Å². The van der Waals surface area contributed by atoms with Crippen LogP contribution in [-0.4, -0.2) is 34.3 Å². The summed E-state index contributed by atoms with van der Waals surface area (Å²) in [7, 11) is 0. The molecule has 0 aliphatic rings. The average Bonchev–Trinajstić information content (AvgIpc) is 2.21. The lowest BCUT2D eigenvalue weighted by Crippen LogP contribution is -2.34.